The van der Waals surface area contributed by atoms with Crippen molar-refractivity contribution in [3.05, 3.63) is 35.2 Å². The van der Waals surface area contributed by atoms with Crippen LogP contribution in [-0.2, 0) is 0 Å². The lowest BCUT2D eigenvalue weighted by atomic mass is 10.1. The van der Waals surface area contributed by atoms with Gasteiger partial charge in [-0.25, -0.2) is 0 Å². The molecule has 0 amide bonds. The average Bonchev–Trinajstić information content (AvgIpc) is 2.08. The molecule has 0 aliphatic heterocycles. The van der Waals surface area contributed by atoms with E-state index in [0.29, 0.717) is 0 Å². The van der Waals surface area contributed by atoms with Crippen LogP contribution in [0, 0.1) is 6.92 Å². The predicted molar refractivity (Wildman–Crippen MR) is 54.3 cm³/mol. The van der Waals surface area contributed by atoms with Crippen LogP contribution < -0.4 is 0 Å². The molecule has 1 aromatic rings. The Kier molecular flexibility index (Phi) is 3.20. The van der Waals surface area contributed by atoms with Crippen LogP contribution in [-0.4, -0.2) is 16.2 Å². The Morgan fingerprint density at radius 1 is 1.62 bits per heavy atom. The molecule has 0 saturated carbocycles. The Bertz CT molecular complexity index is 316. The van der Waals surface area contributed by atoms with Gasteiger partial charge in [0.25, 0.3) is 0 Å². The van der Waals surface area contributed by atoms with Crippen LogP contribution in [0.4, 0.5) is 0 Å². The molecule has 0 spiro atoms. The zero-order valence-corrected chi connectivity index (χ0v) is 8.28. The van der Waals surface area contributed by atoms with E-state index >= 15 is 0 Å². The molecule has 0 radical (unpaired) electrons. The van der Waals surface area contributed by atoms with Crippen LogP contribution in [0.2, 0.25) is 0 Å². The van der Waals surface area contributed by atoms with Gasteiger partial charge in [-0.3, -0.25) is 4.98 Å². The molecule has 0 aromatic carbocycles. The molecule has 70 valence electrons. The third kappa shape index (κ3) is 2.67. The number of hydrogen-bond donors (Lipinski definition) is 1. The molecule has 2 nitrogen and oxygen atoms in total. The molecule has 0 aliphatic rings. The zero-order valence-electron chi connectivity index (χ0n) is 8.28. The van der Waals surface area contributed by atoms with Gasteiger partial charge >= 0.3 is 0 Å². The summed E-state index contributed by atoms with van der Waals surface area (Å²) < 4.78 is 0. The highest BCUT2D eigenvalue weighted by molar-refractivity contribution is 5.55. The van der Waals surface area contributed by atoms with Crippen molar-refractivity contribution >= 4 is 6.08 Å². The summed E-state index contributed by atoms with van der Waals surface area (Å²) in [6, 6.07) is 1.96. The number of nitrogens with zero attached hydrogens (tertiary/aromatic N) is 1. The monoisotopic (exact) mass is 177 g/mol. The van der Waals surface area contributed by atoms with Crippen molar-refractivity contribution in [2.24, 2.45) is 0 Å². The van der Waals surface area contributed by atoms with E-state index in [0.717, 1.165) is 11.1 Å². The van der Waals surface area contributed by atoms with Crippen LogP contribution in [0.5, 0.6) is 0 Å². The van der Waals surface area contributed by atoms with Gasteiger partial charge < -0.3 is 5.11 Å². The van der Waals surface area contributed by atoms with Crippen molar-refractivity contribution in [1.82, 2.24) is 4.98 Å². The van der Waals surface area contributed by atoms with E-state index in [-0.39, 0.29) is 6.10 Å². The molecule has 0 aliphatic carbocycles. The molecule has 0 bridgehead atoms. The fourth-order valence-electron chi connectivity index (χ4n) is 0.993. The Morgan fingerprint density at radius 2 is 2.31 bits per heavy atom. The summed E-state index contributed by atoms with van der Waals surface area (Å²) in [5.41, 5.74) is 3.20. The summed E-state index contributed by atoms with van der Waals surface area (Å²) in [5, 5.41) is 9.28. The molecule has 0 fully saturated rings. The number of rotatable bonds is 2. The van der Waals surface area contributed by atoms with Crippen LogP contribution in [0.15, 0.2) is 24.0 Å². The fraction of sp³-hybridized carbons (Fsp3) is 0.364. The van der Waals surface area contributed by atoms with Gasteiger partial charge in [-0.1, -0.05) is 6.08 Å². The van der Waals surface area contributed by atoms with Crippen LogP contribution in [0.25, 0.3) is 6.08 Å². The first-order valence-corrected chi connectivity index (χ1v) is 4.38. The van der Waals surface area contributed by atoms with Crippen molar-refractivity contribution in [3.8, 4) is 0 Å². The highest BCUT2D eigenvalue weighted by Crippen LogP contribution is 2.12. The van der Waals surface area contributed by atoms with E-state index in [2.05, 4.69) is 4.98 Å². The molecule has 0 saturated heterocycles. The molecule has 1 aromatic heterocycles. The maximum absolute atomic E-state index is 9.28. The minimum atomic E-state index is -0.389. The minimum Gasteiger partial charge on any atom is -0.389 e. The van der Waals surface area contributed by atoms with E-state index in [9.17, 15) is 5.11 Å². The van der Waals surface area contributed by atoms with Crippen LogP contribution >= 0.6 is 0 Å². The molecular weight excluding hydrogens is 162 g/mol. The molecule has 1 N–H and O–H groups in total. The molecule has 1 atom stereocenters. The van der Waals surface area contributed by atoms with Crippen molar-refractivity contribution in [2.75, 3.05) is 0 Å². The Balaban J connectivity index is 2.97. The third-order valence-electron chi connectivity index (χ3n) is 2.12. The Hall–Kier alpha value is -1.15. The summed E-state index contributed by atoms with van der Waals surface area (Å²) >= 11 is 0. The Labute approximate surface area is 78.9 Å². The summed E-state index contributed by atoms with van der Waals surface area (Å²) in [4.78, 5) is 4.03. The molecule has 1 unspecified atom stereocenters. The summed E-state index contributed by atoms with van der Waals surface area (Å²) in [6.07, 6.45) is 5.15. The highest BCUT2D eigenvalue weighted by Gasteiger charge is 1.99. The lowest BCUT2D eigenvalue weighted by Gasteiger charge is -2.05. The highest BCUT2D eigenvalue weighted by atomic mass is 16.3. The number of aliphatic hydroxyl groups excluding tert-OH is 1. The van der Waals surface area contributed by atoms with Gasteiger partial charge in [0.05, 0.1) is 6.10 Å². The zero-order chi connectivity index (χ0) is 9.84. The Morgan fingerprint density at radius 3 is 2.85 bits per heavy atom. The second kappa shape index (κ2) is 4.19. The van der Waals surface area contributed by atoms with Gasteiger partial charge in [-0.15, -0.1) is 0 Å². The summed E-state index contributed by atoms with van der Waals surface area (Å²) in [7, 11) is 0. The molecule has 2 heteroatoms. The van der Waals surface area contributed by atoms with Gasteiger partial charge in [0, 0.05) is 12.4 Å². The normalized spacial score (nSPS) is 14.3. The molecule has 1 heterocycles. The number of aryl methyl sites for hydroxylation is 1. The summed E-state index contributed by atoms with van der Waals surface area (Å²) in [5.74, 6) is 0. The van der Waals surface area contributed by atoms with Crippen LogP contribution in [0.1, 0.15) is 25.0 Å². The van der Waals surface area contributed by atoms with Crippen LogP contribution in [0.3, 0.4) is 0 Å². The smallest absolute Gasteiger partial charge is 0.0722 e. The lowest BCUT2D eigenvalue weighted by molar-refractivity contribution is 0.232. The van der Waals surface area contributed by atoms with E-state index < -0.39 is 0 Å². The number of aromatic nitrogens is 1. The molecule has 1 rings (SSSR count). The first kappa shape index (κ1) is 9.93. The lowest BCUT2D eigenvalue weighted by Crippen LogP contribution is -2.00. The standard InChI is InChI=1S/C11H15NO/c1-8-4-5-12-7-11(8)6-9(2)10(3)13/h4-7,10,13H,1-3H3/b9-6+. The maximum atomic E-state index is 9.28. The topological polar surface area (TPSA) is 33.1 Å². The molecule has 13 heavy (non-hydrogen) atoms. The average molecular weight is 177 g/mol. The van der Waals surface area contributed by atoms with Gasteiger partial charge in [0.1, 0.15) is 0 Å². The first-order chi connectivity index (χ1) is 6.11. The fourth-order valence-corrected chi connectivity index (χ4v) is 0.993. The van der Waals surface area contributed by atoms with Gasteiger partial charge in [0.2, 0.25) is 0 Å². The third-order valence-corrected chi connectivity index (χ3v) is 2.12. The van der Waals surface area contributed by atoms with Crippen molar-refractivity contribution in [2.45, 2.75) is 26.9 Å². The first-order valence-electron chi connectivity index (χ1n) is 4.38. The second-order valence-corrected chi connectivity index (χ2v) is 3.30. The van der Waals surface area contributed by atoms with E-state index in [1.807, 2.05) is 26.0 Å². The van der Waals surface area contributed by atoms with E-state index in [4.69, 9.17) is 0 Å². The van der Waals surface area contributed by atoms with Crippen molar-refractivity contribution < 1.29 is 5.11 Å². The van der Waals surface area contributed by atoms with Crippen molar-refractivity contribution in [1.29, 1.82) is 0 Å². The number of pyridine rings is 1. The maximum Gasteiger partial charge on any atom is 0.0722 e. The van der Waals surface area contributed by atoms with Crippen molar-refractivity contribution in [3.63, 3.8) is 0 Å². The summed E-state index contributed by atoms with van der Waals surface area (Å²) in [6.45, 7) is 5.71. The quantitative estimate of drug-likeness (QED) is 0.751. The molecular formula is C11H15NO. The minimum absolute atomic E-state index is 0.389. The predicted octanol–water partition coefficient (Wildman–Crippen LogP) is 2.17. The number of aliphatic hydroxyl groups is 1. The van der Waals surface area contributed by atoms with E-state index in [1.54, 1.807) is 19.3 Å². The largest absolute Gasteiger partial charge is 0.389 e. The van der Waals surface area contributed by atoms with Gasteiger partial charge in [-0.05, 0) is 43.5 Å². The number of hydrogen-bond acceptors (Lipinski definition) is 2. The second-order valence-electron chi connectivity index (χ2n) is 3.30. The van der Waals surface area contributed by atoms with Gasteiger partial charge in [0.15, 0.2) is 0 Å². The van der Waals surface area contributed by atoms with Gasteiger partial charge in [-0.2, -0.15) is 0 Å². The van der Waals surface area contributed by atoms with E-state index in [1.165, 1.54) is 5.56 Å². The SMILES string of the molecule is C/C(=C\c1cnccc1C)C(C)O.